The monoisotopic (exact) mass is 531 g/mol. The first-order valence-electron chi connectivity index (χ1n) is 12.8. The summed E-state index contributed by atoms with van der Waals surface area (Å²) in [5.41, 5.74) is 8.81. The van der Waals surface area contributed by atoms with Crippen LogP contribution >= 0.6 is 0 Å². The maximum atomic E-state index is 13.4. The standard InChI is InChI=1S/C28H33N7O4/c1-6-34-22(11-17(2)32-34)26(37)31-27-30-21-12-19(25(29)36)13-23-24(21)35(27)28(3,16-39-23)15-33(4)14-18-7-9-20(38-5)10-8-18/h7-13H,6,14-16H2,1-5H3,(H2,29,36)(H,30,31,37). The van der Waals surface area contributed by atoms with E-state index in [-0.39, 0.29) is 5.91 Å². The van der Waals surface area contributed by atoms with Gasteiger partial charge < -0.3 is 15.2 Å². The lowest BCUT2D eigenvalue weighted by molar-refractivity contribution is 0.0995. The van der Waals surface area contributed by atoms with Gasteiger partial charge in [-0.05, 0) is 63.7 Å². The molecule has 2 amide bonds. The Morgan fingerprint density at radius 1 is 1.23 bits per heavy atom. The number of ether oxygens (including phenoxy) is 2. The van der Waals surface area contributed by atoms with Crippen LogP contribution in [0.15, 0.2) is 42.5 Å². The molecule has 1 unspecified atom stereocenters. The summed E-state index contributed by atoms with van der Waals surface area (Å²) < 4.78 is 15.1. The van der Waals surface area contributed by atoms with Gasteiger partial charge in [0, 0.05) is 25.2 Å². The zero-order valence-electron chi connectivity index (χ0n) is 22.8. The number of benzene rings is 2. The fourth-order valence-electron chi connectivity index (χ4n) is 5.26. The number of likely N-dealkylation sites (N-methyl/N-ethyl adjacent to an activating group) is 1. The molecule has 0 radical (unpaired) electrons. The molecule has 2 aromatic carbocycles. The van der Waals surface area contributed by atoms with Gasteiger partial charge in [0.25, 0.3) is 5.91 Å². The number of imidazole rings is 1. The summed E-state index contributed by atoms with van der Waals surface area (Å²) in [4.78, 5) is 32.3. The Kier molecular flexibility index (Phi) is 6.77. The number of anilines is 1. The van der Waals surface area contributed by atoms with E-state index in [9.17, 15) is 9.59 Å². The van der Waals surface area contributed by atoms with Crippen molar-refractivity contribution in [2.45, 2.75) is 39.4 Å². The number of methoxy groups -OCH3 is 1. The molecule has 3 heterocycles. The summed E-state index contributed by atoms with van der Waals surface area (Å²) in [7, 11) is 3.69. The van der Waals surface area contributed by atoms with Crippen molar-refractivity contribution in [2.75, 3.05) is 32.6 Å². The largest absolute Gasteiger partial charge is 0.497 e. The van der Waals surface area contributed by atoms with Crippen LogP contribution in [-0.4, -0.2) is 63.4 Å². The highest BCUT2D eigenvalue weighted by atomic mass is 16.5. The van der Waals surface area contributed by atoms with Crippen LogP contribution < -0.4 is 20.5 Å². The van der Waals surface area contributed by atoms with Crippen molar-refractivity contribution >= 4 is 28.8 Å². The highest BCUT2D eigenvalue weighted by Gasteiger charge is 2.39. The molecule has 3 N–H and O–H groups in total. The number of nitrogens with one attached hydrogen (secondary N) is 1. The average Bonchev–Trinajstić information content (AvgIpc) is 3.47. The Bertz CT molecular complexity index is 1560. The minimum Gasteiger partial charge on any atom is -0.497 e. The number of nitrogens with zero attached hydrogens (tertiary/aromatic N) is 5. The number of rotatable bonds is 9. The molecule has 39 heavy (non-hydrogen) atoms. The topological polar surface area (TPSA) is 130 Å². The fraction of sp³-hybridized carbons (Fsp3) is 0.357. The number of primary amides is 1. The lowest BCUT2D eigenvalue weighted by atomic mass is 9.99. The third kappa shape index (κ3) is 4.92. The first-order chi connectivity index (χ1) is 18.6. The number of aromatic nitrogens is 4. The van der Waals surface area contributed by atoms with E-state index in [1.165, 1.54) is 0 Å². The Balaban J connectivity index is 1.53. The first-order valence-corrected chi connectivity index (χ1v) is 12.8. The summed E-state index contributed by atoms with van der Waals surface area (Å²) >= 11 is 0. The minimum atomic E-state index is -0.596. The summed E-state index contributed by atoms with van der Waals surface area (Å²) in [5, 5.41) is 7.40. The predicted octanol–water partition coefficient (Wildman–Crippen LogP) is 3.16. The molecule has 0 fully saturated rings. The van der Waals surface area contributed by atoms with Crippen LogP contribution in [0.5, 0.6) is 11.5 Å². The fourth-order valence-corrected chi connectivity index (χ4v) is 5.26. The molecule has 0 aliphatic carbocycles. The number of carbonyl (C=O) groups is 2. The van der Waals surface area contributed by atoms with Gasteiger partial charge in [-0.1, -0.05) is 12.1 Å². The van der Waals surface area contributed by atoms with Crippen molar-refractivity contribution in [1.82, 2.24) is 24.2 Å². The molecule has 1 atom stereocenters. The molecule has 11 nitrogen and oxygen atoms in total. The third-order valence-electron chi connectivity index (χ3n) is 6.96. The molecule has 5 rings (SSSR count). The summed E-state index contributed by atoms with van der Waals surface area (Å²) in [5.74, 6) is 0.775. The van der Waals surface area contributed by atoms with Gasteiger partial charge in [-0.15, -0.1) is 0 Å². The molecule has 204 valence electrons. The van der Waals surface area contributed by atoms with Crippen molar-refractivity contribution in [1.29, 1.82) is 0 Å². The van der Waals surface area contributed by atoms with Crippen LogP contribution in [0.4, 0.5) is 5.95 Å². The van der Waals surface area contributed by atoms with Gasteiger partial charge in [-0.2, -0.15) is 5.10 Å². The molecular weight excluding hydrogens is 498 g/mol. The maximum Gasteiger partial charge on any atom is 0.276 e. The quantitative estimate of drug-likeness (QED) is 0.339. The Hall–Kier alpha value is -4.38. The predicted molar refractivity (Wildman–Crippen MR) is 147 cm³/mol. The maximum absolute atomic E-state index is 13.4. The number of hydrogen-bond acceptors (Lipinski definition) is 7. The van der Waals surface area contributed by atoms with E-state index < -0.39 is 11.4 Å². The number of hydrogen-bond donors (Lipinski definition) is 2. The van der Waals surface area contributed by atoms with Crippen LogP contribution in [0.3, 0.4) is 0 Å². The van der Waals surface area contributed by atoms with Crippen LogP contribution in [-0.2, 0) is 18.6 Å². The number of carbonyl (C=O) groups excluding carboxylic acids is 2. The van der Waals surface area contributed by atoms with Gasteiger partial charge in [-0.3, -0.25) is 29.1 Å². The molecule has 4 aromatic rings. The number of nitrogens with two attached hydrogens (primary N) is 1. The van der Waals surface area contributed by atoms with Gasteiger partial charge >= 0.3 is 0 Å². The second kappa shape index (κ2) is 10.1. The molecule has 1 aliphatic rings. The van der Waals surface area contributed by atoms with Crippen LogP contribution in [0.1, 0.15) is 46.0 Å². The van der Waals surface area contributed by atoms with E-state index in [0.717, 1.165) is 17.0 Å². The molecule has 1 aliphatic heterocycles. The molecule has 0 bridgehead atoms. The molecule has 11 heteroatoms. The van der Waals surface area contributed by atoms with E-state index in [1.54, 1.807) is 30.0 Å². The lowest BCUT2D eigenvalue weighted by Gasteiger charge is -2.39. The Morgan fingerprint density at radius 2 is 1.97 bits per heavy atom. The highest BCUT2D eigenvalue weighted by molar-refractivity contribution is 6.04. The smallest absolute Gasteiger partial charge is 0.276 e. The van der Waals surface area contributed by atoms with Crippen molar-refractivity contribution in [3.8, 4) is 11.5 Å². The molecular formula is C28H33N7O4. The second-order valence-electron chi connectivity index (χ2n) is 10.2. The zero-order valence-corrected chi connectivity index (χ0v) is 22.8. The van der Waals surface area contributed by atoms with Gasteiger partial charge in [0.15, 0.2) is 0 Å². The average molecular weight is 532 g/mol. The lowest BCUT2D eigenvalue weighted by Crippen LogP contribution is -2.48. The van der Waals surface area contributed by atoms with Crippen LogP contribution in [0, 0.1) is 6.92 Å². The SMILES string of the molecule is CCn1nc(C)cc1C(=O)Nc1nc2cc(C(N)=O)cc3c2n1C(C)(CN(C)Cc1ccc(OC)cc1)CO3. The van der Waals surface area contributed by atoms with Crippen molar-refractivity contribution in [3.63, 3.8) is 0 Å². The normalized spacial score (nSPS) is 16.4. The molecule has 2 aromatic heterocycles. The summed E-state index contributed by atoms with van der Waals surface area (Å²) in [6.45, 7) is 8.00. The van der Waals surface area contributed by atoms with E-state index in [2.05, 4.69) is 22.2 Å². The van der Waals surface area contributed by atoms with E-state index >= 15 is 0 Å². The first kappa shape index (κ1) is 26.2. The van der Waals surface area contributed by atoms with Crippen LogP contribution in [0.2, 0.25) is 0 Å². The molecule has 0 saturated heterocycles. The van der Waals surface area contributed by atoms with Crippen LogP contribution in [0.25, 0.3) is 11.0 Å². The Labute approximate surface area is 226 Å². The van der Waals surface area contributed by atoms with Gasteiger partial charge in [0.05, 0.1) is 23.9 Å². The summed E-state index contributed by atoms with van der Waals surface area (Å²) in [6.07, 6.45) is 0. The molecule has 0 saturated carbocycles. The zero-order chi connectivity index (χ0) is 27.9. The molecule has 0 spiro atoms. The summed E-state index contributed by atoms with van der Waals surface area (Å²) in [6, 6.07) is 13.0. The van der Waals surface area contributed by atoms with E-state index in [4.69, 9.17) is 20.2 Å². The second-order valence-corrected chi connectivity index (χ2v) is 10.2. The Morgan fingerprint density at radius 3 is 2.64 bits per heavy atom. The third-order valence-corrected chi connectivity index (χ3v) is 6.96. The van der Waals surface area contributed by atoms with Gasteiger partial charge in [0.2, 0.25) is 11.9 Å². The van der Waals surface area contributed by atoms with Gasteiger partial charge in [0.1, 0.15) is 29.3 Å². The van der Waals surface area contributed by atoms with Crippen molar-refractivity contribution in [3.05, 3.63) is 65.0 Å². The van der Waals surface area contributed by atoms with E-state index in [0.29, 0.717) is 60.2 Å². The van der Waals surface area contributed by atoms with Crippen molar-refractivity contribution in [2.24, 2.45) is 5.73 Å². The minimum absolute atomic E-state index is 0.292. The number of aryl methyl sites for hydroxylation is 2. The van der Waals surface area contributed by atoms with E-state index in [1.807, 2.05) is 49.7 Å². The highest BCUT2D eigenvalue weighted by Crippen LogP contribution is 2.40. The van der Waals surface area contributed by atoms with Gasteiger partial charge in [-0.25, -0.2) is 4.98 Å². The van der Waals surface area contributed by atoms with Crippen molar-refractivity contribution < 1.29 is 19.1 Å². The number of amides is 2.